The summed E-state index contributed by atoms with van der Waals surface area (Å²) in [4.78, 5) is 35.0. The van der Waals surface area contributed by atoms with Gasteiger partial charge in [-0.2, -0.15) is 0 Å². The second-order valence-corrected chi connectivity index (χ2v) is 6.39. The lowest BCUT2D eigenvalue weighted by atomic mass is 10.2. The highest BCUT2D eigenvalue weighted by atomic mass is 32.2. The molecular weight excluding hydrogens is 354 g/mol. The van der Waals surface area contributed by atoms with Crippen molar-refractivity contribution in [3.63, 3.8) is 0 Å². The maximum atomic E-state index is 11.9. The van der Waals surface area contributed by atoms with Crippen LogP contribution in [0.4, 0.5) is 5.69 Å². The summed E-state index contributed by atoms with van der Waals surface area (Å²) in [6, 6.07) is 13.5. The Balaban J connectivity index is 1.73. The highest BCUT2D eigenvalue weighted by Gasteiger charge is 2.10. The molecule has 0 aliphatic rings. The summed E-state index contributed by atoms with van der Waals surface area (Å²) in [5.41, 5.74) is 2.15. The molecule has 0 saturated carbocycles. The normalized spacial score (nSPS) is 10.1. The maximum Gasteiger partial charge on any atom is 0.337 e. The average Bonchev–Trinajstić information content (AvgIpc) is 2.61. The van der Waals surface area contributed by atoms with Crippen molar-refractivity contribution in [1.29, 1.82) is 0 Å². The third kappa shape index (κ3) is 6.25. The number of aryl methyl sites for hydroxylation is 1. The lowest BCUT2D eigenvalue weighted by Gasteiger charge is -2.07. The van der Waals surface area contributed by atoms with Gasteiger partial charge >= 0.3 is 11.9 Å². The van der Waals surface area contributed by atoms with Crippen LogP contribution in [0.5, 0.6) is 5.75 Å². The van der Waals surface area contributed by atoms with Crippen LogP contribution in [0.3, 0.4) is 0 Å². The minimum absolute atomic E-state index is 0.0417. The number of amides is 1. The van der Waals surface area contributed by atoms with Crippen LogP contribution in [0.25, 0.3) is 0 Å². The second-order valence-electron chi connectivity index (χ2n) is 5.40. The summed E-state index contributed by atoms with van der Waals surface area (Å²) in [7, 11) is 1.29. The number of methoxy groups -OCH3 is 1. The lowest BCUT2D eigenvalue weighted by molar-refractivity contribution is -0.131. The molecule has 0 spiro atoms. The van der Waals surface area contributed by atoms with Crippen LogP contribution in [-0.4, -0.2) is 36.5 Å². The highest BCUT2D eigenvalue weighted by Crippen LogP contribution is 2.14. The molecule has 7 heteroatoms. The molecule has 2 aromatic carbocycles. The fourth-order valence-corrected chi connectivity index (χ4v) is 2.67. The van der Waals surface area contributed by atoms with Gasteiger partial charge in [0.25, 0.3) is 0 Å². The third-order valence-corrected chi connectivity index (χ3v) is 4.17. The molecule has 1 amide bonds. The van der Waals surface area contributed by atoms with Crippen molar-refractivity contribution >= 4 is 35.3 Å². The lowest BCUT2D eigenvalue weighted by Crippen LogP contribution is -2.17. The van der Waals surface area contributed by atoms with Gasteiger partial charge in [0.2, 0.25) is 5.91 Å². The van der Waals surface area contributed by atoms with Gasteiger partial charge in [-0.05, 0) is 48.9 Å². The molecule has 0 saturated heterocycles. The van der Waals surface area contributed by atoms with Gasteiger partial charge < -0.3 is 14.8 Å². The van der Waals surface area contributed by atoms with Crippen molar-refractivity contribution in [2.24, 2.45) is 0 Å². The zero-order valence-electron chi connectivity index (χ0n) is 14.5. The maximum absolute atomic E-state index is 11.9. The predicted molar refractivity (Wildman–Crippen MR) is 101 cm³/mol. The number of thioether (sulfide) groups is 1. The van der Waals surface area contributed by atoms with Gasteiger partial charge in [0, 0.05) is 5.69 Å². The van der Waals surface area contributed by atoms with Gasteiger partial charge in [0.05, 0.1) is 24.2 Å². The highest BCUT2D eigenvalue weighted by molar-refractivity contribution is 8.00. The zero-order valence-corrected chi connectivity index (χ0v) is 15.3. The number of carbonyl (C=O) groups is 3. The van der Waals surface area contributed by atoms with Gasteiger partial charge in [0.1, 0.15) is 5.75 Å². The average molecular weight is 373 g/mol. The molecule has 0 aliphatic heterocycles. The molecule has 0 fully saturated rings. The van der Waals surface area contributed by atoms with E-state index in [4.69, 9.17) is 4.74 Å². The van der Waals surface area contributed by atoms with Crippen LogP contribution >= 0.6 is 11.8 Å². The number of rotatable bonds is 7. The SMILES string of the molecule is COC(=O)c1ccc(OC(=O)CSCC(=O)Nc2cccc(C)c2)cc1. The van der Waals surface area contributed by atoms with E-state index in [0.29, 0.717) is 11.3 Å². The molecule has 0 bridgehead atoms. The van der Waals surface area contributed by atoms with E-state index < -0.39 is 11.9 Å². The summed E-state index contributed by atoms with van der Waals surface area (Å²) in [6.07, 6.45) is 0. The fourth-order valence-electron chi connectivity index (χ4n) is 2.08. The Morgan fingerprint density at radius 3 is 2.42 bits per heavy atom. The first kappa shape index (κ1) is 19.5. The van der Waals surface area contributed by atoms with Crippen molar-refractivity contribution in [2.75, 3.05) is 23.9 Å². The minimum atomic E-state index is -0.468. The van der Waals surface area contributed by atoms with Crippen molar-refractivity contribution in [3.05, 3.63) is 59.7 Å². The van der Waals surface area contributed by atoms with Crippen molar-refractivity contribution in [3.8, 4) is 5.75 Å². The van der Waals surface area contributed by atoms with E-state index in [1.54, 1.807) is 0 Å². The van der Waals surface area contributed by atoms with Crippen LogP contribution in [0.1, 0.15) is 15.9 Å². The number of hydrogen-bond acceptors (Lipinski definition) is 6. The largest absolute Gasteiger partial charge is 0.465 e. The summed E-state index contributed by atoms with van der Waals surface area (Å²) in [6.45, 7) is 1.94. The molecule has 0 aliphatic carbocycles. The molecule has 136 valence electrons. The quantitative estimate of drug-likeness (QED) is 0.593. The van der Waals surface area contributed by atoms with E-state index >= 15 is 0 Å². The van der Waals surface area contributed by atoms with E-state index in [-0.39, 0.29) is 17.4 Å². The molecule has 0 atom stereocenters. The zero-order chi connectivity index (χ0) is 18.9. The van der Waals surface area contributed by atoms with E-state index in [1.165, 1.54) is 31.4 Å². The Kier molecular flexibility index (Phi) is 7.23. The Labute approximate surface area is 155 Å². The second kappa shape index (κ2) is 9.62. The summed E-state index contributed by atoms with van der Waals surface area (Å²) >= 11 is 1.16. The molecule has 2 rings (SSSR count). The summed E-state index contributed by atoms with van der Waals surface area (Å²) in [5, 5.41) is 2.77. The van der Waals surface area contributed by atoms with Gasteiger partial charge in [-0.15, -0.1) is 11.8 Å². The first-order chi connectivity index (χ1) is 12.5. The number of esters is 2. The molecule has 26 heavy (non-hydrogen) atoms. The van der Waals surface area contributed by atoms with Crippen LogP contribution in [0.2, 0.25) is 0 Å². The third-order valence-electron chi connectivity index (χ3n) is 3.26. The molecule has 6 nitrogen and oxygen atoms in total. The van der Waals surface area contributed by atoms with Crippen molar-refractivity contribution in [2.45, 2.75) is 6.92 Å². The van der Waals surface area contributed by atoms with Crippen molar-refractivity contribution in [1.82, 2.24) is 0 Å². The van der Waals surface area contributed by atoms with Gasteiger partial charge in [-0.25, -0.2) is 4.79 Å². The molecule has 0 aromatic heterocycles. The van der Waals surface area contributed by atoms with E-state index in [0.717, 1.165) is 23.0 Å². The Morgan fingerprint density at radius 1 is 1.04 bits per heavy atom. The number of anilines is 1. The van der Waals surface area contributed by atoms with Gasteiger partial charge in [-0.3, -0.25) is 9.59 Å². The number of nitrogens with one attached hydrogen (secondary N) is 1. The smallest absolute Gasteiger partial charge is 0.337 e. The molecule has 2 aromatic rings. The molecule has 0 radical (unpaired) electrons. The molecule has 0 unspecified atom stereocenters. The van der Waals surface area contributed by atoms with Crippen LogP contribution < -0.4 is 10.1 Å². The molecule has 0 heterocycles. The van der Waals surface area contributed by atoms with Crippen LogP contribution in [0.15, 0.2) is 48.5 Å². The fraction of sp³-hybridized carbons (Fsp3) is 0.211. The Hall–Kier alpha value is -2.80. The first-order valence-electron chi connectivity index (χ1n) is 7.81. The monoisotopic (exact) mass is 373 g/mol. The van der Waals surface area contributed by atoms with Crippen molar-refractivity contribution < 1.29 is 23.9 Å². The Bertz CT molecular complexity index is 789. The number of benzene rings is 2. The topological polar surface area (TPSA) is 81.7 Å². The standard InChI is InChI=1S/C19H19NO5S/c1-13-4-3-5-15(10-13)20-17(21)11-26-12-18(22)25-16-8-6-14(7-9-16)19(23)24-2/h3-10H,11-12H2,1-2H3,(H,20,21). The number of ether oxygens (including phenoxy) is 2. The van der Waals surface area contributed by atoms with E-state index in [1.807, 2.05) is 31.2 Å². The van der Waals surface area contributed by atoms with Gasteiger partial charge in [-0.1, -0.05) is 12.1 Å². The minimum Gasteiger partial charge on any atom is -0.465 e. The molecule has 1 N–H and O–H groups in total. The van der Waals surface area contributed by atoms with Crippen LogP contribution in [0, 0.1) is 6.92 Å². The summed E-state index contributed by atoms with van der Waals surface area (Å²) in [5.74, 6) is -0.602. The summed E-state index contributed by atoms with van der Waals surface area (Å²) < 4.78 is 9.75. The Morgan fingerprint density at radius 2 is 1.77 bits per heavy atom. The number of carbonyl (C=O) groups excluding carboxylic acids is 3. The van der Waals surface area contributed by atoms with E-state index in [2.05, 4.69) is 10.1 Å². The number of hydrogen-bond donors (Lipinski definition) is 1. The predicted octanol–water partition coefficient (Wildman–Crippen LogP) is 3.06. The van der Waals surface area contributed by atoms with Crippen LogP contribution in [-0.2, 0) is 14.3 Å². The first-order valence-corrected chi connectivity index (χ1v) is 8.96. The van der Waals surface area contributed by atoms with E-state index in [9.17, 15) is 14.4 Å². The van der Waals surface area contributed by atoms with Gasteiger partial charge in [0.15, 0.2) is 0 Å². The molecular formula is C19H19NO5S.